The van der Waals surface area contributed by atoms with Crippen molar-refractivity contribution in [2.24, 2.45) is 5.10 Å². The molecule has 21 heavy (non-hydrogen) atoms. The van der Waals surface area contributed by atoms with Gasteiger partial charge in [-0.3, -0.25) is 9.59 Å². The molecule has 0 radical (unpaired) electrons. The number of nitrogens with one attached hydrogen (secondary N) is 1. The molecule has 1 aromatic heterocycles. The molecule has 0 fully saturated rings. The largest absolute Gasteiger partial charge is 0.315 e. The Labute approximate surface area is 120 Å². The number of nitrogens with zero attached hydrogens (tertiary/aromatic N) is 2. The second-order valence-electron chi connectivity index (χ2n) is 4.26. The predicted octanol–water partition coefficient (Wildman–Crippen LogP) is 1.77. The summed E-state index contributed by atoms with van der Waals surface area (Å²) in [5.74, 6) is -0.929. The average Bonchev–Trinajstić information content (AvgIpc) is 2.49. The van der Waals surface area contributed by atoms with Crippen LogP contribution in [0, 0.1) is 5.82 Å². The van der Waals surface area contributed by atoms with Crippen LogP contribution in [-0.2, 0) is 6.54 Å². The number of carbonyl (C=O) groups excluding carboxylic acids is 1. The normalized spacial score (nSPS) is 10.8. The number of carbonyl (C=O) groups is 1. The summed E-state index contributed by atoms with van der Waals surface area (Å²) in [4.78, 5) is 23.8. The number of pyridine rings is 1. The Hall–Kier alpha value is -2.76. The van der Waals surface area contributed by atoms with Gasteiger partial charge in [-0.25, -0.2) is 9.82 Å². The van der Waals surface area contributed by atoms with Gasteiger partial charge in [-0.2, -0.15) is 5.10 Å². The molecule has 0 saturated carbocycles. The van der Waals surface area contributed by atoms with E-state index in [2.05, 4.69) is 10.5 Å². The van der Waals surface area contributed by atoms with Gasteiger partial charge in [0, 0.05) is 12.7 Å². The van der Waals surface area contributed by atoms with Gasteiger partial charge in [0.1, 0.15) is 11.4 Å². The molecule has 2 rings (SSSR count). The molecule has 0 unspecified atom stereocenters. The third-order valence-corrected chi connectivity index (χ3v) is 2.86. The maximum absolute atomic E-state index is 12.7. The van der Waals surface area contributed by atoms with Crippen LogP contribution >= 0.6 is 0 Å². The Morgan fingerprint density at radius 3 is 2.71 bits per heavy atom. The van der Waals surface area contributed by atoms with Crippen molar-refractivity contribution in [2.75, 3.05) is 0 Å². The number of hydrogen-bond donors (Lipinski definition) is 1. The highest BCUT2D eigenvalue weighted by Gasteiger charge is 2.10. The summed E-state index contributed by atoms with van der Waals surface area (Å²) in [6.07, 6.45) is 2.99. The molecule has 1 amide bonds. The second kappa shape index (κ2) is 6.60. The molecule has 0 saturated heterocycles. The monoisotopic (exact) mass is 287 g/mol. The Balaban J connectivity index is 2.08. The molecule has 0 aliphatic carbocycles. The van der Waals surface area contributed by atoms with Gasteiger partial charge in [-0.1, -0.05) is 12.1 Å². The van der Waals surface area contributed by atoms with Crippen molar-refractivity contribution in [1.82, 2.24) is 9.99 Å². The summed E-state index contributed by atoms with van der Waals surface area (Å²) in [7, 11) is 0. The molecule has 0 spiro atoms. The Morgan fingerprint density at radius 1 is 1.33 bits per heavy atom. The van der Waals surface area contributed by atoms with Crippen LogP contribution in [0.25, 0.3) is 0 Å². The Morgan fingerprint density at radius 2 is 2.05 bits per heavy atom. The summed E-state index contributed by atoms with van der Waals surface area (Å²) in [5.41, 5.74) is 2.57. The molecule has 6 heteroatoms. The van der Waals surface area contributed by atoms with Gasteiger partial charge in [0.2, 0.25) is 0 Å². The first-order valence-electron chi connectivity index (χ1n) is 6.40. The van der Waals surface area contributed by atoms with Crippen molar-refractivity contribution in [1.29, 1.82) is 0 Å². The van der Waals surface area contributed by atoms with Crippen molar-refractivity contribution >= 4 is 12.1 Å². The lowest BCUT2D eigenvalue weighted by Crippen LogP contribution is -2.30. The van der Waals surface area contributed by atoms with Gasteiger partial charge in [0.15, 0.2) is 0 Å². The lowest BCUT2D eigenvalue weighted by atomic mass is 10.2. The standard InChI is InChI=1S/C15H14FN3O2/c1-2-19-9-3-4-13(15(19)21)14(20)18-17-10-11-5-7-12(16)8-6-11/h3-10H,2H2,1H3,(H,18,20)/b17-10-. The SMILES string of the molecule is CCn1cccc(C(=O)N/N=C\c2ccc(F)cc2)c1=O. The predicted molar refractivity (Wildman–Crippen MR) is 77.8 cm³/mol. The smallest absolute Gasteiger partial charge is 0.276 e. The first-order valence-corrected chi connectivity index (χ1v) is 6.40. The van der Waals surface area contributed by atoms with Crippen molar-refractivity contribution in [3.05, 3.63) is 69.9 Å². The van der Waals surface area contributed by atoms with Crippen molar-refractivity contribution in [3.63, 3.8) is 0 Å². The third kappa shape index (κ3) is 3.62. The summed E-state index contributed by atoms with van der Waals surface area (Å²) in [6.45, 7) is 2.30. The number of aryl methyl sites for hydroxylation is 1. The topological polar surface area (TPSA) is 63.5 Å². The minimum Gasteiger partial charge on any atom is -0.315 e. The Bertz CT molecular complexity index is 720. The molecule has 0 aliphatic heterocycles. The molecule has 5 nitrogen and oxygen atoms in total. The van der Waals surface area contributed by atoms with Gasteiger partial charge in [0.05, 0.1) is 6.21 Å². The fourth-order valence-electron chi connectivity index (χ4n) is 1.73. The van der Waals surface area contributed by atoms with Crippen LogP contribution in [0.5, 0.6) is 0 Å². The van der Waals surface area contributed by atoms with Crippen LogP contribution in [0.15, 0.2) is 52.5 Å². The highest BCUT2D eigenvalue weighted by Crippen LogP contribution is 1.99. The van der Waals surface area contributed by atoms with E-state index < -0.39 is 5.91 Å². The summed E-state index contributed by atoms with van der Waals surface area (Å²) in [5, 5.41) is 3.75. The lowest BCUT2D eigenvalue weighted by molar-refractivity contribution is 0.0953. The molecule has 0 bridgehead atoms. The quantitative estimate of drug-likeness (QED) is 0.688. The maximum Gasteiger partial charge on any atom is 0.276 e. The molecular weight excluding hydrogens is 273 g/mol. The van der Waals surface area contributed by atoms with Gasteiger partial charge in [-0.05, 0) is 36.8 Å². The minimum atomic E-state index is -0.582. The molecule has 1 aromatic carbocycles. The van der Waals surface area contributed by atoms with Gasteiger partial charge in [0.25, 0.3) is 11.5 Å². The summed E-state index contributed by atoms with van der Waals surface area (Å²) >= 11 is 0. The molecule has 1 heterocycles. The van der Waals surface area contributed by atoms with E-state index in [1.54, 1.807) is 12.3 Å². The number of aromatic nitrogens is 1. The fourth-order valence-corrected chi connectivity index (χ4v) is 1.73. The molecule has 0 aliphatic rings. The highest BCUT2D eigenvalue weighted by atomic mass is 19.1. The van der Waals surface area contributed by atoms with E-state index in [9.17, 15) is 14.0 Å². The van der Waals surface area contributed by atoms with Gasteiger partial charge in [-0.15, -0.1) is 0 Å². The molecule has 2 aromatic rings. The molecule has 0 atom stereocenters. The molecular formula is C15H14FN3O2. The Kier molecular flexibility index (Phi) is 4.61. The number of rotatable bonds is 4. The highest BCUT2D eigenvalue weighted by molar-refractivity contribution is 5.94. The van der Waals surface area contributed by atoms with E-state index in [-0.39, 0.29) is 16.9 Å². The van der Waals surface area contributed by atoms with Crippen LogP contribution in [0.2, 0.25) is 0 Å². The van der Waals surface area contributed by atoms with E-state index in [1.165, 1.54) is 41.1 Å². The van der Waals surface area contributed by atoms with Crippen LogP contribution in [0.3, 0.4) is 0 Å². The molecule has 108 valence electrons. The van der Waals surface area contributed by atoms with E-state index in [0.717, 1.165) is 0 Å². The minimum absolute atomic E-state index is 0.0237. The van der Waals surface area contributed by atoms with Crippen LogP contribution in [0.4, 0.5) is 4.39 Å². The first kappa shape index (κ1) is 14.6. The first-order chi connectivity index (χ1) is 10.1. The fraction of sp³-hybridized carbons (Fsp3) is 0.133. The van der Waals surface area contributed by atoms with E-state index >= 15 is 0 Å². The zero-order chi connectivity index (χ0) is 15.2. The van der Waals surface area contributed by atoms with E-state index in [4.69, 9.17) is 0 Å². The number of amides is 1. The zero-order valence-electron chi connectivity index (χ0n) is 11.4. The number of halogens is 1. The van der Waals surface area contributed by atoms with Crippen LogP contribution in [0.1, 0.15) is 22.8 Å². The van der Waals surface area contributed by atoms with E-state index in [0.29, 0.717) is 12.1 Å². The molecule has 1 N–H and O–H groups in total. The number of hydrogen-bond acceptors (Lipinski definition) is 3. The van der Waals surface area contributed by atoms with Gasteiger partial charge < -0.3 is 4.57 Å². The second-order valence-corrected chi connectivity index (χ2v) is 4.26. The van der Waals surface area contributed by atoms with Crippen LogP contribution in [-0.4, -0.2) is 16.7 Å². The van der Waals surface area contributed by atoms with Crippen molar-refractivity contribution in [3.8, 4) is 0 Å². The van der Waals surface area contributed by atoms with Crippen molar-refractivity contribution < 1.29 is 9.18 Å². The maximum atomic E-state index is 12.7. The zero-order valence-corrected chi connectivity index (χ0v) is 11.4. The summed E-state index contributed by atoms with van der Waals surface area (Å²) in [6, 6.07) is 8.70. The number of benzene rings is 1. The average molecular weight is 287 g/mol. The van der Waals surface area contributed by atoms with E-state index in [1.807, 2.05) is 6.92 Å². The third-order valence-electron chi connectivity index (χ3n) is 2.86. The lowest BCUT2D eigenvalue weighted by Gasteiger charge is -2.03. The van der Waals surface area contributed by atoms with Gasteiger partial charge >= 0.3 is 0 Å². The van der Waals surface area contributed by atoms with Crippen LogP contribution < -0.4 is 11.0 Å². The van der Waals surface area contributed by atoms with Crippen molar-refractivity contribution in [2.45, 2.75) is 13.5 Å². The number of hydrazone groups is 1. The summed E-state index contributed by atoms with van der Waals surface area (Å²) < 4.78 is 14.2.